The molecule has 96 valence electrons. The van der Waals surface area contributed by atoms with Gasteiger partial charge in [-0.15, -0.1) is 0 Å². The summed E-state index contributed by atoms with van der Waals surface area (Å²) in [6.45, 7) is 3.07. The SMILES string of the molecule is COc1ccc(Cl)cc1Cn1c(CN)cnc1C. The van der Waals surface area contributed by atoms with Crippen molar-refractivity contribution < 1.29 is 4.74 Å². The number of aryl methyl sites for hydroxylation is 1. The second-order valence-electron chi connectivity index (χ2n) is 4.04. The molecule has 0 unspecified atom stereocenters. The first kappa shape index (κ1) is 12.9. The highest BCUT2D eigenvalue weighted by Crippen LogP contribution is 2.24. The van der Waals surface area contributed by atoms with E-state index in [1.807, 2.05) is 25.1 Å². The molecule has 4 nitrogen and oxygen atoms in total. The lowest BCUT2D eigenvalue weighted by molar-refractivity contribution is 0.408. The fraction of sp³-hybridized carbons (Fsp3) is 0.308. The molecule has 0 radical (unpaired) electrons. The first-order valence-corrected chi connectivity index (χ1v) is 6.07. The molecular formula is C13H16ClN3O. The van der Waals surface area contributed by atoms with Gasteiger partial charge in [0.15, 0.2) is 0 Å². The minimum atomic E-state index is 0.462. The number of hydrogen-bond donors (Lipinski definition) is 1. The number of aromatic nitrogens is 2. The lowest BCUT2D eigenvalue weighted by Crippen LogP contribution is -2.10. The van der Waals surface area contributed by atoms with Crippen molar-refractivity contribution in [1.82, 2.24) is 9.55 Å². The van der Waals surface area contributed by atoms with Gasteiger partial charge >= 0.3 is 0 Å². The molecule has 1 aromatic carbocycles. The van der Waals surface area contributed by atoms with Crippen LogP contribution in [-0.2, 0) is 13.1 Å². The highest BCUT2D eigenvalue weighted by Gasteiger charge is 2.09. The molecule has 0 amide bonds. The second-order valence-corrected chi connectivity index (χ2v) is 4.48. The number of halogens is 1. The smallest absolute Gasteiger partial charge is 0.123 e. The predicted octanol–water partition coefficient (Wildman–Crippen LogP) is 2.36. The van der Waals surface area contributed by atoms with E-state index in [0.717, 1.165) is 22.8 Å². The Morgan fingerprint density at radius 2 is 2.22 bits per heavy atom. The Balaban J connectivity index is 2.38. The van der Waals surface area contributed by atoms with Gasteiger partial charge in [0.1, 0.15) is 11.6 Å². The summed E-state index contributed by atoms with van der Waals surface area (Å²) < 4.78 is 7.40. The third-order valence-corrected chi connectivity index (χ3v) is 3.15. The fourth-order valence-corrected chi connectivity index (χ4v) is 2.13. The van der Waals surface area contributed by atoms with E-state index in [2.05, 4.69) is 9.55 Å². The maximum Gasteiger partial charge on any atom is 0.123 e. The Morgan fingerprint density at radius 1 is 1.44 bits per heavy atom. The van der Waals surface area contributed by atoms with Crippen LogP contribution in [0, 0.1) is 6.92 Å². The molecule has 0 aliphatic heterocycles. The lowest BCUT2D eigenvalue weighted by atomic mass is 10.2. The normalized spacial score (nSPS) is 10.7. The largest absolute Gasteiger partial charge is 0.496 e. The van der Waals surface area contributed by atoms with Crippen LogP contribution in [0.4, 0.5) is 0 Å². The summed E-state index contributed by atoms with van der Waals surface area (Å²) in [5.41, 5.74) is 7.71. The van der Waals surface area contributed by atoms with Crippen LogP contribution in [0.2, 0.25) is 5.02 Å². The molecule has 0 fully saturated rings. The molecule has 2 aromatic rings. The molecule has 1 heterocycles. The number of hydrogen-bond acceptors (Lipinski definition) is 3. The number of ether oxygens (including phenoxy) is 1. The van der Waals surface area contributed by atoms with Gasteiger partial charge in [0.05, 0.1) is 19.3 Å². The molecule has 0 aliphatic rings. The second kappa shape index (κ2) is 5.42. The minimum Gasteiger partial charge on any atom is -0.496 e. The monoisotopic (exact) mass is 265 g/mol. The summed E-state index contributed by atoms with van der Waals surface area (Å²) in [5.74, 6) is 1.74. The standard InChI is InChI=1S/C13H16ClN3O/c1-9-16-7-12(6-15)17(9)8-10-5-11(14)3-4-13(10)18-2/h3-5,7H,6,8,15H2,1-2H3. The molecular weight excluding hydrogens is 250 g/mol. The van der Waals surface area contributed by atoms with Crippen molar-refractivity contribution in [3.8, 4) is 5.75 Å². The zero-order chi connectivity index (χ0) is 13.1. The molecule has 0 saturated heterocycles. The topological polar surface area (TPSA) is 53.1 Å². The maximum absolute atomic E-state index is 6.02. The molecule has 5 heteroatoms. The molecule has 0 spiro atoms. The molecule has 1 aromatic heterocycles. The molecule has 2 N–H and O–H groups in total. The Hall–Kier alpha value is -1.52. The average Bonchev–Trinajstić information content (AvgIpc) is 2.71. The number of nitrogens with zero attached hydrogens (tertiary/aromatic N) is 2. The third-order valence-electron chi connectivity index (χ3n) is 2.92. The summed E-state index contributed by atoms with van der Waals surface area (Å²) in [6, 6.07) is 5.58. The van der Waals surface area contributed by atoms with Crippen molar-refractivity contribution in [2.75, 3.05) is 7.11 Å². The van der Waals surface area contributed by atoms with Gasteiger partial charge in [-0.2, -0.15) is 0 Å². The number of imidazole rings is 1. The van der Waals surface area contributed by atoms with Crippen LogP contribution in [0.5, 0.6) is 5.75 Å². The summed E-state index contributed by atoms with van der Waals surface area (Å²) in [6.07, 6.45) is 1.80. The quantitative estimate of drug-likeness (QED) is 0.923. The molecule has 2 rings (SSSR count). The van der Waals surface area contributed by atoms with Gasteiger partial charge in [0.2, 0.25) is 0 Å². The van der Waals surface area contributed by atoms with Gasteiger partial charge in [-0.05, 0) is 25.1 Å². The van der Waals surface area contributed by atoms with E-state index in [0.29, 0.717) is 18.1 Å². The average molecular weight is 266 g/mol. The summed E-state index contributed by atoms with van der Waals surface area (Å²) in [4.78, 5) is 4.27. The van der Waals surface area contributed by atoms with Gasteiger partial charge in [0.25, 0.3) is 0 Å². The van der Waals surface area contributed by atoms with Gasteiger partial charge in [-0.1, -0.05) is 11.6 Å². The zero-order valence-corrected chi connectivity index (χ0v) is 11.2. The number of methoxy groups -OCH3 is 1. The molecule has 0 saturated carbocycles. The maximum atomic E-state index is 6.02. The predicted molar refractivity (Wildman–Crippen MR) is 72.0 cm³/mol. The van der Waals surface area contributed by atoms with E-state index in [9.17, 15) is 0 Å². The van der Waals surface area contributed by atoms with E-state index >= 15 is 0 Å². The van der Waals surface area contributed by atoms with E-state index in [-0.39, 0.29) is 0 Å². The Kier molecular flexibility index (Phi) is 3.89. The van der Waals surface area contributed by atoms with Gasteiger partial charge < -0.3 is 15.0 Å². The Labute approximate surface area is 111 Å². The van der Waals surface area contributed by atoms with Crippen LogP contribution in [0.1, 0.15) is 17.1 Å². The van der Waals surface area contributed by atoms with E-state index < -0.39 is 0 Å². The summed E-state index contributed by atoms with van der Waals surface area (Å²) in [5, 5.41) is 0.692. The Bertz CT molecular complexity index is 551. The van der Waals surface area contributed by atoms with Crippen LogP contribution >= 0.6 is 11.6 Å². The van der Waals surface area contributed by atoms with Crippen LogP contribution in [-0.4, -0.2) is 16.7 Å². The van der Waals surface area contributed by atoms with Crippen molar-refractivity contribution in [2.24, 2.45) is 5.73 Å². The van der Waals surface area contributed by atoms with Crippen LogP contribution < -0.4 is 10.5 Å². The summed E-state index contributed by atoms with van der Waals surface area (Å²) in [7, 11) is 1.65. The van der Waals surface area contributed by atoms with Gasteiger partial charge in [-0.3, -0.25) is 0 Å². The molecule has 0 atom stereocenters. The minimum absolute atomic E-state index is 0.462. The number of rotatable bonds is 4. The van der Waals surface area contributed by atoms with Gasteiger partial charge in [0, 0.05) is 23.3 Å². The first-order valence-electron chi connectivity index (χ1n) is 5.69. The fourth-order valence-electron chi connectivity index (χ4n) is 1.94. The first-order chi connectivity index (χ1) is 8.65. The van der Waals surface area contributed by atoms with E-state index in [4.69, 9.17) is 22.1 Å². The highest BCUT2D eigenvalue weighted by atomic mass is 35.5. The highest BCUT2D eigenvalue weighted by molar-refractivity contribution is 6.30. The lowest BCUT2D eigenvalue weighted by Gasteiger charge is -2.13. The van der Waals surface area contributed by atoms with Crippen LogP contribution in [0.25, 0.3) is 0 Å². The van der Waals surface area contributed by atoms with E-state index in [1.54, 1.807) is 13.3 Å². The number of benzene rings is 1. The van der Waals surface area contributed by atoms with Crippen molar-refractivity contribution in [3.63, 3.8) is 0 Å². The zero-order valence-electron chi connectivity index (χ0n) is 10.5. The van der Waals surface area contributed by atoms with Gasteiger partial charge in [-0.25, -0.2) is 4.98 Å². The molecule has 0 bridgehead atoms. The number of nitrogens with two attached hydrogens (primary N) is 1. The van der Waals surface area contributed by atoms with Crippen molar-refractivity contribution >= 4 is 11.6 Å². The van der Waals surface area contributed by atoms with Crippen molar-refractivity contribution in [1.29, 1.82) is 0 Å². The van der Waals surface area contributed by atoms with Crippen LogP contribution in [0.15, 0.2) is 24.4 Å². The molecule has 18 heavy (non-hydrogen) atoms. The van der Waals surface area contributed by atoms with Crippen LogP contribution in [0.3, 0.4) is 0 Å². The van der Waals surface area contributed by atoms with Crippen molar-refractivity contribution in [3.05, 3.63) is 46.5 Å². The molecule has 0 aliphatic carbocycles. The summed E-state index contributed by atoms with van der Waals surface area (Å²) >= 11 is 6.02. The van der Waals surface area contributed by atoms with Crippen molar-refractivity contribution in [2.45, 2.75) is 20.0 Å². The Morgan fingerprint density at radius 3 is 2.89 bits per heavy atom. The van der Waals surface area contributed by atoms with E-state index in [1.165, 1.54) is 0 Å². The third kappa shape index (κ3) is 2.49.